The molecule has 0 atom stereocenters. The fourth-order valence-electron chi connectivity index (χ4n) is 1.29. The number of anilines is 2. The number of hydrogen-bond donors (Lipinski definition) is 4. The van der Waals surface area contributed by atoms with Crippen LogP contribution in [0.3, 0.4) is 0 Å². The lowest BCUT2D eigenvalue weighted by molar-refractivity contribution is 0.147. The fourth-order valence-corrected chi connectivity index (χ4v) is 1.29. The summed E-state index contributed by atoms with van der Waals surface area (Å²) in [6.07, 6.45) is 3.38. The molecule has 0 radical (unpaired) electrons. The van der Waals surface area contributed by atoms with Gasteiger partial charge in [-0.15, -0.1) is 0 Å². The second-order valence-electron chi connectivity index (χ2n) is 3.99. The molecule has 1 aromatic rings. The van der Waals surface area contributed by atoms with E-state index < -0.39 is 5.54 Å². The van der Waals surface area contributed by atoms with E-state index in [4.69, 9.17) is 10.2 Å². The van der Waals surface area contributed by atoms with Gasteiger partial charge in [-0.25, -0.2) is 0 Å². The topological polar surface area (TPSA) is 77.4 Å². The number of pyridine rings is 1. The van der Waals surface area contributed by atoms with E-state index >= 15 is 0 Å². The van der Waals surface area contributed by atoms with E-state index in [0.717, 1.165) is 17.9 Å². The summed E-state index contributed by atoms with van der Waals surface area (Å²) in [4.78, 5) is 4.07. The Bertz CT molecular complexity index is 327. The minimum Gasteiger partial charge on any atom is -0.394 e. The average Bonchev–Trinajstić information content (AvgIpc) is 2.30. The van der Waals surface area contributed by atoms with Gasteiger partial charge >= 0.3 is 0 Å². The van der Waals surface area contributed by atoms with E-state index in [1.165, 1.54) is 0 Å². The molecule has 0 aliphatic carbocycles. The van der Waals surface area contributed by atoms with Gasteiger partial charge in [-0.1, -0.05) is 0 Å². The number of rotatable bonds is 6. The van der Waals surface area contributed by atoms with E-state index in [1.807, 2.05) is 13.0 Å². The van der Waals surface area contributed by atoms with Crippen LogP contribution in [0.2, 0.25) is 0 Å². The maximum Gasteiger partial charge on any atom is 0.0806 e. The van der Waals surface area contributed by atoms with Crippen molar-refractivity contribution >= 4 is 11.4 Å². The van der Waals surface area contributed by atoms with Crippen LogP contribution in [0.5, 0.6) is 0 Å². The number of aliphatic hydroxyl groups is 2. The van der Waals surface area contributed by atoms with Gasteiger partial charge in [0.15, 0.2) is 0 Å². The van der Waals surface area contributed by atoms with Gasteiger partial charge in [0.2, 0.25) is 0 Å². The average molecular weight is 225 g/mol. The van der Waals surface area contributed by atoms with Crippen LogP contribution < -0.4 is 10.6 Å². The first-order valence-electron chi connectivity index (χ1n) is 5.32. The summed E-state index contributed by atoms with van der Waals surface area (Å²) >= 11 is 0. The highest BCUT2D eigenvalue weighted by molar-refractivity contribution is 5.55. The minimum atomic E-state index is -0.730. The summed E-state index contributed by atoms with van der Waals surface area (Å²) in [5.74, 6) is 0. The van der Waals surface area contributed by atoms with E-state index in [1.54, 1.807) is 19.3 Å². The third-order valence-electron chi connectivity index (χ3n) is 2.26. The molecule has 1 aromatic heterocycles. The Balaban J connectivity index is 2.76. The molecule has 5 heteroatoms. The molecule has 16 heavy (non-hydrogen) atoms. The second kappa shape index (κ2) is 5.67. The Morgan fingerprint density at radius 2 is 1.88 bits per heavy atom. The quantitative estimate of drug-likeness (QED) is 0.572. The molecule has 1 heterocycles. The van der Waals surface area contributed by atoms with Crippen LogP contribution in [0.15, 0.2) is 18.5 Å². The van der Waals surface area contributed by atoms with Crippen molar-refractivity contribution in [3.8, 4) is 0 Å². The van der Waals surface area contributed by atoms with Crippen LogP contribution in [-0.4, -0.2) is 40.5 Å². The standard InChI is InChI=1S/C11H19N3O2/c1-3-13-9-4-10(6-12-5-9)14-11(2,7-15)8-16/h4-6,13-16H,3,7-8H2,1-2H3. The van der Waals surface area contributed by atoms with Crippen molar-refractivity contribution in [2.75, 3.05) is 30.4 Å². The van der Waals surface area contributed by atoms with Gasteiger partial charge in [-0.3, -0.25) is 4.98 Å². The van der Waals surface area contributed by atoms with Crippen molar-refractivity contribution in [1.82, 2.24) is 4.98 Å². The van der Waals surface area contributed by atoms with Gasteiger partial charge in [-0.2, -0.15) is 0 Å². The Morgan fingerprint density at radius 3 is 2.44 bits per heavy atom. The molecular weight excluding hydrogens is 206 g/mol. The van der Waals surface area contributed by atoms with Crippen molar-refractivity contribution in [3.05, 3.63) is 18.5 Å². The fraction of sp³-hybridized carbons (Fsp3) is 0.545. The van der Waals surface area contributed by atoms with Crippen LogP contribution in [-0.2, 0) is 0 Å². The van der Waals surface area contributed by atoms with Crippen LogP contribution in [0.4, 0.5) is 11.4 Å². The lowest BCUT2D eigenvalue weighted by atomic mass is 10.1. The maximum absolute atomic E-state index is 9.16. The number of aliphatic hydroxyl groups excluding tert-OH is 2. The molecule has 0 saturated carbocycles. The van der Waals surface area contributed by atoms with Gasteiger partial charge in [-0.05, 0) is 19.9 Å². The summed E-state index contributed by atoms with van der Waals surface area (Å²) in [5.41, 5.74) is 0.946. The largest absolute Gasteiger partial charge is 0.394 e. The van der Waals surface area contributed by atoms with E-state index in [-0.39, 0.29) is 13.2 Å². The number of nitrogens with zero attached hydrogens (tertiary/aromatic N) is 1. The zero-order valence-electron chi connectivity index (χ0n) is 9.70. The lowest BCUT2D eigenvalue weighted by Gasteiger charge is -2.27. The smallest absolute Gasteiger partial charge is 0.0806 e. The molecule has 0 aliphatic rings. The van der Waals surface area contributed by atoms with Crippen LogP contribution in [0.1, 0.15) is 13.8 Å². The first-order chi connectivity index (χ1) is 7.63. The number of hydrogen-bond acceptors (Lipinski definition) is 5. The van der Waals surface area contributed by atoms with Crippen LogP contribution >= 0.6 is 0 Å². The van der Waals surface area contributed by atoms with Crippen molar-refractivity contribution in [2.24, 2.45) is 0 Å². The molecular formula is C11H19N3O2. The highest BCUT2D eigenvalue weighted by Gasteiger charge is 2.21. The van der Waals surface area contributed by atoms with Crippen molar-refractivity contribution in [1.29, 1.82) is 0 Å². The summed E-state index contributed by atoms with van der Waals surface area (Å²) < 4.78 is 0. The van der Waals surface area contributed by atoms with Crippen molar-refractivity contribution in [2.45, 2.75) is 19.4 Å². The predicted octanol–water partition coefficient (Wildman–Crippen LogP) is 0.669. The highest BCUT2D eigenvalue weighted by atomic mass is 16.3. The Kier molecular flexibility index (Phi) is 4.52. The minimum absolute atomic E-state index is 0.144. The third-order valence-corrected chi connectivity index (χ3v) is 2.26. The molecule has 1 rings (SSSR count). The van der Waals surface area contributed by atoms with Gasteiger partial charge in [0.1, 0.15) is 0 Å². The molecule has 0 unspecified atom stereocenters. The van der Waals surface area contributed by atoms with Crippen LogP contribution in [0, 0.1) is 0 Å². The maximum atomic E-state index is 9.16. The van der Waals surface area contributed by atoms with Crippen LogP contribution in [0.25, 0.3) is 0 Å². The second-order valence-corrected chi connectivity index (χ2v) is 3.99. The normalized spacial score (nSPS) is 11.2. The van der Waals surface area contributed by atoms with E-state index in [0.29, 0.717) is 0 Å². The molecule has 0 aromatic carbocycles. The first-order valence-corrected chi connectivity index (χ1v) is 5.32. The van der Waals surface area contributed by atoms with Gasteiger partial charge in [0, 0.05) is 6.54 Å². The summed E-state index contributed by atoms with van der Waals surface area (Å²) in [6, 6.07) is 1.89. The molecule has 0 saturated heterocycles. The molecule has 0 aliphatic heterocycles. The molecule has 0 spiro atoms. The lowest BCUT2D eigenvalue weighted by Crippen LogP contribution is -2.42. The molecule has 90 valence electrons. The number of aromatic nitrogens is 1. The predicted molar refractivity (Wildman–Crippen MR) is 64.6 cm³/mol. The SMILES string of the molecule is CCNc1cncc(NC(C)(CO)CO)c1. The van der Waals surface area contributed by atoms with Gasteiger partial charge in [0.05, 0.1) is 42.5 Å². The number of nitrogens with one attached hydrogen (secondary N) is 2. The first kappa shape index (κ1) is 12.7. The van der Waals surface area contributed by atoms with Crippen molar-refractivity contribution in [3.63, 3.8) is 0 Å². The Labute approximate surface area is 95.5 Å². The van der Waals surface area contributed by atoms with Gasteiger partial charge in [0.25, 0.3) is 0 Å². The van der Waals surface area contributed by atoms with E-state index in [2.05, 4.69) is 15.6 Å². The summed E-state index contributed by atoms with van der Waals surface area (Å²) in [5, 5.41) is 24.5. The molecule has 0 amide bonds. The molecule has 4 N–H and O–H groups in total. The molecule has 0 fully saturated rings. The molecule has 0 bridgehead atoms. The van der Waals surface area contributed by atoms with Crippen molar-refractivity contribution < 1.29 is 10.2 Å². The Hall–Kier alpha value is -1.33. The zero-order chi connectivity index (χ0) is 12.0. The highest BCUT2D eigenvalue weighted by Crippen LogP contribution is 2.17. The van der Waals surface area contributed by atoms with E-state index in [9.17, 15) is 0 Å². The van der Waals surface area contributed by atoms with Gasteiger partial charge < -0.3 is 20.8 Å². The summed E-state index contributed by atoms with van der Waals surface area (Å²) in [7, 11) is 0. The zero-order valence-corrected chi connectivity index (χ0v) is 9.70. The third kappa shape index (κ3) is 3.36. The molecule has 5 nitrogen and oxygen atoms in total. The Morgan fingerprint density at radius 1 is 1.25 bits per heavy atom. The monoisotopic (exact) mass is 225 g/mol. The summed E-state index contributed by atoms with van der Waals surface area (Å²) in [6.45, 7) is 4.28.